The van der Waals surface area contributed by atoms with Crippen LogP contribution in [0.5, 0.6) is 0 Å². The molecule has 2 rings (SSSR count). The lowest BCUT2D eigenvalue weighted by Crippen LogP contribution is -2.49. The van der Waals surface area contributed by atoms with Crippen LogP contribution in [-0.2, 0) is 4.74 Å². The van der Waals surface area contributed by atoms with Crippen LogP contribution in [-0.4, -0.2) is 36.5 Å². The topological polar surface area (TPSA) is 41.5 Å². The number of hydrogen-bond acceptors (Lipinski definition) is 3. The molecule has 12 heavy (non-hydrogen) atoms. The number of aliphatic hydroxyl groups excluding tert-OH is 1. The molecule has 1 saturated carbocycles. The third-order valence-corrected chi connectivity index (χ3v) is 2.87. The first-order chi connectivity index (χ1) is 5.75. The van der Waals surface area contributed by atoms with E-state index in [9.17, 15) is 5.11 Å². The molecule has 0 spiro atoms. The van der Waals surface area contributed by atoms with Gasteiger partial charge in [0.2, 0.25) is 0 Å². The molecule has 1 saturated heterocycles. The monoisotopic (exact) mass is 171 g/mol. The molecular weight excluding hydrogens is 154 g/mol. The lowest BCUT2D eigenvalue weighted by Gasteiger charge is -2.35. The lowest BCUT2D eigenvalue weighted by molar-refractivity contribution is 0.116. The maximum atomic E-state index is 9.44. The average molecular weight is 171 g/mol. The molecule has 0 amide bonds. The Labute approximate surface area is 73.1 Å². The SMILES string of the molecule is CC1CC(NC2COCC2O)C1. The molecule has 2 aliphatic rings. The van der Waals surface area contributed by atoms with Crippen molar-refractivity contribution in [2.24, 2.45) is 5.92 Å². The molecule has 2 unspecified atom stereocenters. The van der Waals surface area contributed by atoms with Gasteiger partial charge in [0.1, 0.15) is 0 Å². The predicted molar refractivity (Wildman–Crippen MR) is 45.9 cm³/mol. The highest BCUT2D eigenvalue weighted by atomic mass is 16.5. The van der Waals surface area contributed by atoms with E-state index in [0.717, 1.165) is 5.92 Å². The van der Waals surface area contributed by atoms with Gasteiger partial charge in [0, 0.05) is 6.04 Å². The highest BCUT2D eigenvalue weighted by Crippen LogP contribution is 2.27. The van der Waals surface area contributed by atoms with Crippen molar-refractivity contribution >= 4 is 0 Å². The van der Waals surface area contributed by atoms with Crippen LogP contribution in [0, 0.1) is 5.92 Å². The molecule has 1 aliphatic heterocycles. The summed E-state index contributed by atoms with van der Waals surface area (Å²) in [6.45, 7) is 3.44. The van der Waals surface area contributed by atoms with Gasteiger partial charge in [-0.2, -0.15) is 0 Å². The molecule has 1 heterocycles. The molecule has 0 aromatic heterocycles. The van der Waals surface area contributed by atoms with Gasteiger partial charge in [-0.15, -0.1) is 0 Å². The second kappa shape index (κ2) is 3.32. The van der Waals surface area contributed by atoms with E-state index in [1.807, 2.05) is 0 Å². The second-order valence-electron chi connectivity index (χ2n) is 4.15. The number of aliphatic hydroxyl groups is 1. The molecular formula is C9H17NO2. The van der Waals surface area contributed by atoms with Gasteiger partial charge < -0.3 is 15.2 Å². The van der Waals surface area contributed by atoms with Gasteiger partial charge in [-0.05, 0) is 18.8 Å². The Balaban J connectivity index is 1.72. The van der Waals surface area contributed by atoms with E-state index in [1.54, 1.807) is 0 Å². The Hall–Kier alpha value is -0.120. The summed E-state index contributed by atoms with van der Waals surface area (Å²) in [4.78, 5) is 0. The van der Waals surface area contributed by atoms with Crippen LogP contribution in [0.2, 0.25) is 0 Å². The van der Waals surface area contributed by atoms with Crippen LogP contribution in [0.4, 0.5) is 0 Å². The van der Waals surface area contributed by atoms with E-state index in [4.69, 9.17) is 4.74 Å². The minimum absolute atomic E-state index is 0.183. The van der Waals surface area contributed by atoms with Crippen molar-refractivity contribution in [2.75, 3.05) is 13.2 Å². The molecule has 0 aromatic rings. The molecule has 2 fully saturated rings. The van der Waals surface area contributed by atoms with E-state index in [0.29, 0.717) is 19.3 Å². The maximum Gasteiger partial charge on any atom is 0.0948 e. The molecule has 0 bridgehead atoms. The summed E-state index contributed by atoms with van der Waals surface area (Å²) in [5.41, 5.74) is 0. The van der Waals surface area contributed by atoms with Crippen molar-refractivity contribution < 1.29 is 9.84 Å². The molecule has 3 nitrogen and oxygen atoms in total. The van der Waals surface area contributed by atoms with Crippen molar-refractivity contribution in [2.45, 2.75) is 38.0 Å². The zero-order valence-electron chi connectivity index (χ0n) is 7.49. The summed E-state index contributed by atoms with van der Waals surface area (Å²) in [6.07, 6.45) is 2.22. The van der Waals surface area contributed by atoms with Crippen molar-refractivity contribution in [1.82, 2.24) is 5.32 Å². The molecule has 3 heteroatoms. The lowest BCUT2D eigenvalue weighted by atomic mass is 9.81. The van der Waals surface area contributed by atoms with Gasteiger partial charge in [0.15, 0.2) is 0 Å². The first kappa shape index (κ1) is 8.48. The zero-order chi connectivity index (χ0) is 8.55. The molecule has 2 atom stereocenters. The summed E-state index contributed by atoms with van der Waals surface area (Å²) in [5.74, 6) is 0.863. The van der Waals surface area contributed by atoms with Gasteiger partial charge in [0.25, 0.3) is 0 Å². The minimum atomic E-state index is -0.291. The Kier molecular flexibility index (Phi) is 2.35. The van der Waals surface area contributed by atoms with E-state index in [1.165, 1.54) is 12.8 Å². The standard InChI is InChI=1S/C9H17NO2/c1-6-2-7(3-6)10-8-4-12-5-9(8)11/h6-11H,2-5H2,1H3. The van der Waals surface area contributed by atoms with Crippen LogP contribution in [0.25, 0.3) is 0 Å². The van der Waals surface area contributed by atoms with Crippen molar-refractivity contribution in [1.29, 1.82) is 0 Å². The van der Waals surface area contributed by atoms with Gasteiger partial charge in [-0.25, -0.2) is 0 Å². The second-order valence-corrected chi connectivity index (χ2v) is 4.15. The predicted octanol–water partition coefficient (Wildman–Crippen LogP) is 0.134. The fourth-order valence-corrected chi connectivity index (χ4v) is 2.04. The Morgan fingerprint density at radius 2 is 2.08 bits per heavy atom. The first-order valence-electron chi connectivity index (χ1n) is 4.77. The Morgan fingerprint density at radius 3 is 2.58 bits per heavy atom. The number of nitrogens with one attached hydrogen (secondary N) is 1. The fourth-order valence-electron chi connectivity index (χ4n) is 2.04. The third-order valence-electron chi connectivity index (χ3n) is 2.87. The van der Waals surface area contributed by atoms with Crippen molar-refractivity contribution in [3.8, 4) is 0 Å². The summed E-state index contributed by atoms with van der Waals surface area (Å²) < 4.78 is 5.15. The average Bonchev–Trinajstić information content (AvgIpc) is 2.33. The van der Waals surface area contributed by atoms with Gasteiger partial charge in [-0.3, -0.25) is 0 Å². The third kappa shape index (κ3) is 1.63. The molecule has 2 N–H and O–H groups in total. The molecule has 1 aliphatic carbocycles. The van der Waals surface area contributed by atoms with Crippen LogP contribution < -0.4 is 5.32 Å². The Bertz CT molecular complexity index is 157. The van der Waals surface area contributed by atoms with Crippen LogP contribution in [0.3, 0.4) is 0 Å². The molecule has 70 valence electrons. The van der Waals surface area contributed by atoms with E-state index in [2.05, 4.69) is 12.2 Å². The van der Waals surface area contributed by atoms with Gasteiger partial charge >= 0.3 is 0 Å². The smallest absolute Gasteiger partial charge is 0.0948 e. The van der Waals surface area contributed by atoms with Crippen LogP contribution in [0.1, 0.15) is 19.8 Å². The highest BCUT2D eigenvalue weighted by molar-refractivity contribution is 4.89. The Morgan fingerprint density at radius 1 is 1.33 bits per heavy atom. The first-order valence-corrected chi connectivity index (χ1v) is 4.77. The summed E-state index contributed by atoms with van der Waals surface area (Å²) >= 11 is 0. The molecule has 0 radical (unpaired) electrons. The van der Waals surface area contributed by atoms with Gasteiger partial charge in [0.05, 0.1) is 25.4 Å². The normalized spacial score (nSPS) is 47.5. The largest absolute Gasteiger partial charge is 0.389 e. The van der Waals surface area contributed by atoms with Crippen molar-refractivity contribution in [3.63, 3.8) is 0 Å². The summed E-state index contributed by atoms with van der Waals surface area (Å²) in [6, 6.07) is 0.809. The zero-order valence-corrected chi connectivity index (χ0v) is 7.49. The number of ether oxygens (including phenoxy) is 1. The van der Waals surface area contributed by atoms with Crippen molar-refractivity contribution in [3.05, 3.63) is 0 Å². The fraction of sp³-hybridized carbons (Fsp3) is 1.00. The van der Waals surface area contributed by atoms with Gasteiger partial charge in [-0.1, -0.05) is 6.92 Å². The minimum Gasteiger partial charge on any atom is -0.389 e. The van der Waals surface area contributed by atoms with E-state index < -0.39 is 0 Å². The maximum absolute atomic E-state index is 9.44. The van der Waals surface area contributed by atoms with Crippen LogP contribution >= 0.6 is 0 Å². The number of hydrogen-bond donors (Lipinski definition) is 2. The highest BCUT2D eigenvalue weighted by Gasteiger charge is 2.32. The summed E-state index contributed by atoms with van der Waals surface area (Å²) in [5, 5.41) is 12.9. The van der Waals surface area contributed by atoms with E-state index in [-0.39, 0.29) is 12.1 Å². The quantitative estimate of drug-likeness (QED) is 0.620. The summed E-state index contributed by atoms with van der Waals surface area (Å²) in [7, 11) is 0. The van der Waals surface area contributed by atoms with Crippen LogP contribution in [0.15, 0.2) is 0 Å². The number of rotatable bonds is 2. The van der Waals surface area contributed by atoms with E-state index >= 15 is 0 Å². The molecule has 0 aromatic carbocycles.